The maximum Gasteiger partial charge on any atom is 0.144 e. The molecule has 2 aromatic rings. The number of nitrogen functional groups attached to an aromatic ring is 1. The van der Waals surface area contributed by atoms with Gasteiger partial charge in [-0.25, -0.2) is 0 Å². The van der Waals surface area contributed by atoms with Gasteiger partial charge in [0.2, 0.25) is 0 Å². The molecule has 0 aliphatic carbocycles. The Hall–Kier alpha value is -1.68. The summed E-state index contributed by atoms with van der Waals surface area (Å²) in [7, 11) is 0. The van der Waals surface area contributed by atoms with Crippen molar-refractivity contribution in [1.29, 1.82) is 0 Å². The Morgan fingerprint density at radius 1 is 1.20 bits per heavy atom. The number of nitrogens with two attached hydrogens (primary N) is 1. The van der Waals surface area contributed by atoms with E-state index in [0.717, 1.165) is 28.0 Å². The number of para-hydroxylation sites is 1. The van der Waals surface area contributed by atoms with Crippen LogP contribution in [-0.2, 0) is 0 Å². The van der Waals surface area contributed by atoms with Crippen molar-refractivity contribution >= 4 is 33.0 Å². The van der Waals surface area contributed by atoms with Gasteiger partial charge in [-0.3, -0.25) is 0 Å². The highest BCUT2D eigenvalue weighted by atomic mass is 79.9. The van der Waals surface area contributed by atoms with Crippen molar-refractivity contribution in [1.82, 2.24) is 0 Å². The standard InChI is InChI=1S/C16H19BrN2O/c1-3-9-20-15-6-4-5-13(16(15)18)19-14-10-11(2)7-8-12(14)17/h4-8,10,19H,3,9,18H2,1-2H3. The SMILES string of the molecule is CCCOc1cccc(Nc2cc(C)ccc2Br)c1N. The lowest BCUT2D eigenvalue weighted by Gasteiger charge is -2.15. The molecule has 0 atom stereocenters. The highest BCUT2D eigenvalue weighted by molar-refractivity contribution is 9.10. The molecule has 3 N–H and O–H groups in total. The molecule has 0 fully saturated rings. The minimum atomic E-state index is 0.634. The smallest absolute Gasteiger partial charge is 0.144 e. The van der Waals surface area contributed by atoms with Gasteiger partial charge in [-0.1, -0.05) is 19.1 Å². The fourth-order valence-corrected chi connectivity index (χ4v) is 2.22. The van der Waals surface area contributed by atoms with E-state index >= 15 is 0 Å². The number of halogens is 1. The molecule has 0 radical (unpaired) electrons. The van der Waals surface area contributed by atoms with Crippen LogP contribution in [-0.4, -0.2) is 6.61 Å². The first-order chi connectivity index (χ1) is 9.61. The topological polar surface area (TPSA) is 47.3 Å². The fraction of sp³-hybridized carbons (Fsp3) is 0.250. The molecule has 3 nitrogen and oxygen atoms in total. The molecular formula is C16H19BrN2O. The number of benzene rings is 2. The van der Waals surface area contributed by atoms with E-state index in [9.17, 15) is 0 Å². The van der Waals surface area contributed by atoms with Crippen molar-refractivity contribution in [3.05, 3.63) is 46.4 Å². The summed E-state index contributed by atoms with van der Waals surface area (Å²) < 4.78 is 6.64. The Morgan fingerprint density at radius 3 is 2.75 bits per heavy atom. The second kappa shape index (κ2) is 6.66. The molecule has 0 spiro atoms. The van der Waals surface area contributed by atoms with Gasteiger partial charge in [-0.2, -0.15) is 0 Å². The van der Waals surface area contributed by atoms with E-state index in [1.54, 1.807) is 0 Å². The minimum Gasteiger partial charge on any atom is -0.491 e. The molecule has 0 bridgehead atoms. The van der Waals surface area contributed by atoms with Crippen molar-refractivity contribution in [2.75, 3.05) is 17.7 Å². The van der Waals surface area contributed by atoms with Crippen LogP contribution in [0.5, 0.6) is 5.75 Å². The Labute approximate surface area is 128 Å². The maximum absolute atomic E-state index is 6.16. The second-order valence-corrected chi connectivity index (χ2v) is 5.53. The fourth-order valence-electron chi connectivity index (χ4n) is 1.87. The summed E-state index contributed by atoms with van der Waals surface area (Å²) in [6.07, 6.45) is 0.959. The second-order valence-electron chi connectivity index (χ2n) is 4.67. The molecule has 0 amide bonds. The van der Waals surface area contributed by atoms with E-state index in [2.05, 4.69) is 47.2 Å². The van der Waals surface area contributed by atoms with E-state index < -0.39 is 0 Å². The molecule has 0 aliphatic heterocycles. The van der Waals surface area contributed by atoms with Crippen LogP contribution in [0.1, 0.15) is 18.9 Å². The average molecular weight is 335 g/mol. The van der Waals surface area contributed by atoms with Crippen LogP contribution in [0.3, 0.4) is 0 Å². The highest BCUT2D eigenvalue weighted by Gasteiger charge is 2.08. The number of aryl methyl sites for hydroxylation is 1. The van der Waals surface area contributed by atoms with Crippen LogP contribution in [0.25, 0.3) is 0 Å². The van der Waals surface area contributed by atoms with Crippen LogP contribution in [0.4, 0.5) is 17.1 Å². The number of nitrogens with one attached hydrogen (secondary N) is 1. The van der Waals surface area contributed by atoms with Crippen LogP contribution in [0.15, 0.2) is 40.9 Å². The first kappa shape index (κ1) is 14.7. The third-order valence-corrected chi connectivity index (χ3v) is 3.61. The summed E-state index contributed by atoms with van der Waals surface area (Å²) in [5.41, 5.74) is 9.82. The Kier molecular flexibility index (Phi) is 4.90. The van der Waals surface area contributed by atoms with E-state index in [4.69, 9.17) is 10.5 Å². The number of hydrogen-bond donors (Lipinski definition) is 2. The van der Waals surface area contributed by atoms with Gasteiger partial charge in [0.15, 0.2) is 0 Å². The van der Waals surface area contributed by atoms with E-state index in [1.165, 1.54) is 5.56 Å². The number of hydrogen-bond acceptors (Lipinski definition) is 3. The lowest BCUT2D eigenvalue weighted by molar-refractivity contribution is 0.319. The summed E-state index contributed by atoms with van der Waals surface area (Å²) in [4.78, 5) is 0. The van der Waals surface area contributed by atoms with Crippen molar-refractivity contribution < 1.29 is 4.74 Å². The average Bonchev–Trinajstić information content (AvgIpc) is 2.44. The summed E-state index contributed by atoms with van der Waals surface area (Å²) in [6.45, 7) is 4.80. The molecule has 0 aromatic heterocycles. The quantitative estimate of drug-likeness (QED) is 0.766. The van der Waals surface area contributed by atoms with Crippen molar-refractivity contribution in [3.8, 4) is 5.75 Å². The molecule has 2 aromatic carbocycles. The van der Waals surface area contributed by atoms with Crippen LogP contribution < -0.4 is 15.8 Å². The largest absolute Gasteiger partial charge is 0.491 e. The third kappa shape index (κ3) is 3.45. The molecule has 0 aliphatic rings. The van der Waals surface area contributed by atoms with Crippen molar-refractivity contribution in [3.63, 3.8) is 0 Å². The zero-order valence-electron chi connectivity index (χ0n) is 11.7. The first-order valence-electron chi connectivity index (χ1n) is 6.66. The van der Waals surface area contributed by atoms with Crippen LogP contribution >= 0.6 is 15.9 Å². The van der Waals surface area contributed by atoms with Crippen LogP contribution in [0.2, 0.25) is 0 Å². The summed E-state index contributed by atoms with van der Waals surface area (Å²) in [6, 6.07) is 11.9. The molecule has 0 saturated heterocycles. The molecule has 2 rings (SSSR count). The predicted octanol–water partition coefficient (Wildman–Crippen LogP) is 4.87. The number of rotatable bonds is 5. The van der Waals surface area contributed by atoms with Gasteiger partial charge < -0.3 is 15.8 Å². The zero-order valence-corrected chi connectivity index (χ0v) is 13.3. The Morgan fingerprint density at radius 2 is 2.00 bits per heavy atom. The van der Waals surface area contributed by atoms with Gasteiger partial charge in [0, 0.05) is 4.47 Å². The van der Waals surface area contributed by atoms with Gasteiger partial charge in [-0.05, 0) is 59.1 Å². The maximum atomic E-state index is 6.16. The Balaban J connectivity index is 2.27. The lowest BCUT2D eigenvalue weighted by atomic mass is 10.2. The molecule has 106 valence electrons. The zero-order chi connectivity index (χ0) is 14.5. The van der Waals surface area contributed by atoms with Crippen LogP contribution in [0, 0.1) is 6.92 Å². The molecule has 0 heterocycles. The summed E-state index contributed by atoms with van der Waals surface area (Å²) in [5.74, 6) is 0.723. The first-order valence-corrected chi connectivity index (χ1v) is 7.45. The molecule has 0 saturated carbocycles. The molecule has 20 heavy (non-hydrogen) atoms. The third-order valence-electron chi connectivity index (χ3n) is 2.92. The van der Waals surface area contributed by atoms with Gasteiger partial charge in [0.05, 0.1) is 23.7 Å². The highest BCUT2D eigenvalue weighted by Crippen LogP contribution is 2.34. The molecular weight excluding hydrogens is 316 g/mol. The lowest BCUT2D eigenvalue weighted by Crippen LogP contribution is -2.02. The van der Waals surface area contributed by atoms with Gasteiger partial charge in [0.25, 0.3) is 0 Å². The van der Waals surface area contributed by atoms with Gasteiger partial charge in [0.1, 0.15) is 5.75 Å². The van der Waals surface area contributed by atoms with Gasteiger partial charge >= 0.3 is 0 Å². The monoisotopic (exact) mass is 334 g/mol. The van der Waals surface area contributed by atoms with E-state index in [1.807, 2.05) is 24.3 Å². The van der Waals surface area contributed by atoms with Gasteiger partial charge in [-0.15, -0.1) is 0 Å². The molecule has 4 heteroatoms. The van der Waals surface area contributed by atoms with E-state index in [0.29, 0.717) is 12.3 Å². The van der Waals surface area contributed by atoms with E-state index in [-0.39, 0.29) is 0 Å². The normalized spacial score (nSPS) is 10.3. The van der Waals surface area contributed by atoms with Crippen molar-refractivity contribution in [2.24, 2.45) is 0 Å². The summed E-state index contributed by atoms with van der Waals surface area (Å²) >= 11 is 3.54. The predicted molar refractivity (Wildman–Crippen MR) is 88.8 cm³/mol. The van der Waals surface area contributed by atoms with Crippen molar-refractivity contribution in [2.45, 2.75) is 20.3 Å². The molecule has 0 unspecified atom stereocenters. The minimum absolute atomic E-state index is 0.634. The number of anilines is 3. The summed E-state index contributed by atoms with van der Waals surface area (Å²) in [5, 5.41) is 3.35. The number of ether oxygens (including phenoxy) is 1. The Bertz CT molecular complexity index is 599.